The number of benzene rings is 1. The van der Waals surface area contributed by atoms with Crippen molar-refractivity contribution in [1.29, 1.82) is 0 Å². The van der Waals surface area contributed by atoms with E-state index in [9.17, 15) is 4.79 Å². The summed E-state index contributed by atoms with van der Waals surface area (Å²) in [5.74, 6) is 1.12. The second-order valence-electron chi connectivity index (χ2n) is 6.31. The van der Waals surface area contributed by atoms with E-state index in [2.05, 4.69) is 13.0 Å². The van der Waals surface area contributed by atoms with Crippen LogP contribution in [0.15, 0.2) is 25.8 Å². The maximum Gasteiger partial charge on any atom is 0.336 e. The Labute approximate surface area is 128 Å². The third-order valence-corrected chi connectivity index (χ3v) is 4.79. The summed E-state index contributed by atoms with van der Waals surface area (Å²) in [4.78, 5) is 11.9. The maximum atomic E-state index is 11.9. The lowest BCUT2D eigenvalue weighted by Crippen LogP contribution is -2.02. The maximum absolute atomic E-state index is 11.9. The lowest BCUT2D eigenvalue weighted by atomic mass is 9.93. The lowest BCUT2D eigenvalue weighted by Gasteiger charge is -2.09. The van der Waals surface area contributed by atoms with Gasteiger partial charge in [0, 0.05) is 34.4 Å². The van der Waals surface area contributed by atoms with E-state index in [-0.39, 0.29) is 5.63 Å². The first kappa shape index (κ1) is 13.6. The summed E-state index contributed by atoms with van der Waals surface area (Å²) < 4.78 is 11.6. The molecule has 4 rings (SSSR count). The van der Waals surface area contributed by atoms with Gasteiger partial charge in [0.1, 0.15) is 16.9 Å². The minimum Gasteiger partial charge on any atom is -0.460 e. The smallest absolute Gasteiger partial charge is 0.336 e. The van der Waals surface area contributed by atoms with Crippen LogP contribution >= 0.6 is 0 Å². The van der Waals surface area contributed by atoms with Crippen LogP contribution in [0.25, 0.3) is 21.9 Å². The van der Waals surface area contributed by atoms with Crippen LogP contribution in [0.2, 0.25) is 0 Å². The molecule has 0 spiro atoms. The zero-order valence-corrected chi connectivity index (χ0v) is 13.1. The van der Waals surface area contributed by atoms with Crippen molar-refractivity contribution in [1.82, 2.24) is 0 Å². The van der Waals surface area contributed by atoms with Gasteiger partial charge in [-0.15, -0.1) is 0 Å². The number of hydrogen-bond acceptors (Lipinski definition) is 3. The van der Waals surface area contributed by atoms with Gasteiger partial charge in [-0.3, -0.25) is 0 Å². The molecule has 0 atom stereocenters. The SMILES string of the molecule is CCCc1cc(=O)oc2c(C)c3oc4c(c3cc12)CCCC4. The summed E-state index contributed by atoms with van der Waals surface area (Å²) in [5, 5.41) is 2.28. The lowest BCUT2D eigenvalue weighted by molar-refractivity contribution is 0.503. The molecule has 0 radical (unpaired) electrons. The highest BCUT2D eigenvalue weighted by Crippen LogP contribution is 2.37. The Morgan fingerprint density at radius 1 is 1.05 bits per heavy atom. The van der Waals surface area contributed by atoms with E-state index < -0.39 is 0 Å². The molecule has 1 aliphatic carbocycles. The molecule has 0 amide bonds. The number of aryl methyl sites for hydroxylation is 4. The minimum atomic E-state index is -0.269. The van der Waals surface area contributed by atoms with Crippen LogP contribution in [0.5, 0.6) is 0 Å². The summed E-state index contributed by atoms with van der Waals surface area (Å²) >= 11 is 0. The van der Waals surface area contributed by atoms with E-state index >= 15 is 0 Å². The van der Waals surface area contributed by atoms with E-state index in [0.29, 0.717) is 5.58 Å². The quantitative estimate of drug-likeness (QED) is 0.645. The summed E-state index contributed by atoms with van der Waals surface area (Å²) in [6, 6.07) is 3.82. The molecule has 3 nitrogen and oxygen atoms in total. The zero-order valence-electron chi connectivity index (χ0n) is 13.1. The fourth-order valence-electron chi connectivity index (χ4n) is 3.73. The van der Waals surface area contributed by atoms with Crippen LogP contribution in [0.4, 0.5) is 0 Å². The number of furan rings is 1. The van der Waals surface area contributed by atoms with E-state index in [0.717, 1.165) is 53.5 Å². The molecular weight excluding hydrogens is 276 g/mol. The summed E-state index contributed by atoms with van der Waals surface area (Å²) in [6.07, 6.45) is 6.44. The first-order chi connectivity index (χ1) is 10.7. The normalized spacial score (nSPS) is 14.6. The largest absolute Gasteiger partial charge is 0.460 e. The molecule has 2 aromatic heterocycles. The molecule has 0 saturated heterocycles. The van der Waals surface area contributed by atoms with Crippen molar-refractivity contribution in [2.24, 2.45) is 0 Å². The van der Waals surface area contributed by atoms with Crippen LogP contribution in [-0.4, -0.2) is 0 Å². The molecule has 3 heteroatoms. The second-order valence-corrected chi connectivity index (χ2v) is 6.31. The Kier molecular flexibility index (Phi) is 3.10. The van der Waals surface area contributed by atoms with Crippen molar-refractivity contribution in [2.45, 2.75) is 52.4 Å². The van der Waals surface area contributed by atoms with E-state index in [1.807, 2.05) is 6.92 Å². The highest BCUT2D eigenvalue weighted by atomic mass is 16.4. The molecule has 1 aromatic carbocycles. The monoisotopic (exact) mass is 296 g/mol. The average molecular weight is 296 g/mol. The number of rotatable bonds is 2. The standard InChI is InChI=1S/C19H20O3/c1-3-6-12-9-17(20)22-18-11(2)19-15(10-14(12)18)13-7-4-5-8-16(13)21-19/h9-10H,3-8H2,1-2H3. The van der Waals surface area contributed by atoms with E-state index in [4.69, 9.17) is 8.83 Å². The molecule has 3 aromatic rings. The predicted molar refractivity (Wildman–Crippen MR) is 87.6 cm³/mol. The first-order valence-corrected chi connectivity index (χ1v) is 8.19. The highest BCUT2D eigenvalue weighted by Gasteiger charge is 2.21. The Bertz CT molecular complexity index is 927. The van der Waals surface area contributed by atoms with Crippen LogP contribution in [0, 0.1) is 6.92 Å². The third kappa shape index (κ3) is 1.92. The zero-order chi connectivity index (χ0) is 15.3. The van der Waals surface area contributed by atoms with Crippen LogP contribution in [-0.2, 0) is 19.3 Å². The van der Waals surface area contributed by atoms with Gasteiger partial charge in [0.25, 0.3) is 0 Å². The Morgan fingerprint density at radius 2 is 1.82 bits per heavy atom. The van der Waals surface area contributed by atoms with Gasteiger partial charge in [-0.1, -0.05) is 13.3 Å². The minimum absolute atomic E-state index is 0.269. The van der Waals surface area contributed by atoms with Gasteiger partial charge in [-0.05, 0) is 44.2 Å². The molecule has 0 bridgehead atoms. The highest BCUT2D eigenvalue weighted by molar-refractivity contribution is 6.00. The van der Waals surface area contributed by atoms with Gasteiger partial charge in [0.2, 0.25) is 0 Å². The van der Waals surface area contributed by atoms with Crippen molar-refractivity contribution < 1.29 is 8.83 Å². The van der Waals surface area contributed by atoms with Crippen molar-refractivity contribution in [3.05, 3.63) is 45.0 Å². The van der Waals surface area contributed by atoms with Gasteiger partial charge in [0.15, 0.2) is 0 Å². The van der Waals surface area contributed by atoms with Crippen LogP contribution in [0.1, 0.15) is 48.6 Å². The Hall–Kier alpha value is -2.03. The molecule has 0 fully saturated rings. The summed E-state index contributed by atoms with van der Waals surface area (Å²) in [6.45, 7) is 4.13. The van der Waals surface area contributed by atoms with Crippen molar-refractivity contribution >= 4 is 21.9 Å². The summed E-state index contributed by atoms with van der Waals surface area (Å²) in [5.41, 5.74) is 4.72. The molecule has 1 aliphatic rings. The average Bonchev–Trinajstić information content (AvgIpc) is 2.88. The predicted octanol–water partition coefficient (Wildman–Crippen LogP) is 4.68. The topological polar surface area (TPSA) is 43.4 Å². The van der Waals surface area contributed by atoms with Gasteiger partial charge >= 0.3 is 5.63 Å². The van der Waals surface area contributed by atoms with Gasteiger partial charge in [-0.2, -0.15) is 0 Å². The molecule has 0 saturated carbocycles. The fourth-order valence-corrected chi connectivity index (χ4v) is 3.73. The van der Waals surface area contributed by atoms with Crippen molar-refractivity contribution in [3.63, 3.8) is 0 Å². The first-order valence-electron chi connectivity index (χ1n) is 8.19. The van der Waals surface area contributed by atoms with Gasteiger partial charge in [0.05, 0.1) is 0 Å². The second kappa shape index (κ2) is 5.01. The Balaban J connectivity index is 2.13. The third-order valence-electron chi connectivity index (χ3n) is 4.79. The van der Waals surface area contributed by atoms with E-state index in [1.54, 1.807) is 6.07 Å². The van der Waals surface area contributed by atoms with Gasteiger partial charge in [-0.25, -0.2) is 4.79 Å². The molecular formula is C19H20O3. The van der Waals surface area contributed by atoms with Gasteiger partial charge < -0.3 is 8.83 Å². The fraction of sp³-hybridized carbons (Fsp3) is 0.421. The number of fused-ring (bicyclic) bond motifs is 4. The Morgan fingerprint density at radius 3 is 2.64 bits per heavy atom. The molecule has 0 aliphatic heterocycles. The van der Waals surface area contributed by atoms with Crippen LogP contribution < -0.4 is 5.63 Å². The van der Waals surface area contributed by atoms with Crippen molar-refractivity contribution in [2.75, 3.05) is 0 Å². The van der Waals surface area contributed by atoms with Crippen LogP contribution in [0.3, 0.4) is 0 Å². The number of hydrogen-bond donors (Lipinski definition) is 0. The molecule has 114 valence electrons. The molecule has 22 heavy (non-hydrogen) atoms. The van der Waals surface area contributed by atoms with E-state index in [1.165, 1.54) is 23.8 Å². The van der Waals surface area contributed by atoms with Crippen molar-refractivity contribution in [3.8, 4) is 0 Å². The molecule has 2 heterocycles. The molecule has 0 unspecified atom stereocenters. The summed E-state index contributed by atoms with van der Waals surface area (Å²) in [7, 11) is 0. The molecule has 0 N–H and O–H groups in total.